The molecule has 0 fully saturated rings. The molecule has 4 heteroatoms. The molecule has 0 aliphatic heterocycles. The molecule has 0 aliphatic rings. The van der Waals surface area contributed by atoms with Crippen LogP contribution in [0, 0.1) is 0 Å². The molecule has 0 rings (SSSR count). The molecular formula is C10H22N2O2. The first-order valence-electron chi connectivity index (χ1n) is 5.04. The number of carbonyl (C=O) groups excluding carboxylic acids is 1. The van der Waals surface area contributed by atoms with Crippen LogP contribution in [-0.2, 0) is 4.74 Å². The summed E-state index contributed by atoms with van der Waals surface area (Å²) in [5, 5.41) is 2.75. The SMILES string of the molecule is CC(CCCN)NC(=O)OC(C)(C)C. The molecule has 4 nitrogen and oxygen atoms in total. The van der Waals surface area contributed by atoms with Crippen molar-refractivity contribution in [1.29, 1.82) is 0 Å². The molecule has 0 aromatic heterocycles. The van der Waals surface area contributed by atoms with Gasteiger partial charge in [0.25, 0.3) is 0 Å². The molecule has 14 heavy (non-hydrogen) atoms. The largest absolute Gasteiger partial charge is 0.444 e. The normalized spacial score (nSPS) is 13.5. The van der Waals surface area contributed by atoms with Crippen LogP contribution in [0.5, 0.6) is 0 Å². The molecule has 84 valence electrons. The fraction of sp³-hybridized carbons (Fsp3) is 0.900. The third-order valence-electron chi connectivity index (χ3n) is 1.60. The van der Waals surface area contributed by atoms with E-state index in [2.05, 4.69) is 5.32 Å². The van der Waals surface area contributed by atoms with Crippen LogP contribution >= 0.6 is 0 Å². The highest BCUT2D eigenvalue weighted by Crippen LogP contribution is 2.07. The molecule has 1 amide bonds. The topological polar surface area (TPSA) is 64.3 Å². The summed E-state index contributed by atoms with van der Waals surface area (Å²) in [6, 6.07) is 0.119. The summed E-state index contributed by atoms with van der Waals surface area (Å²) < 4.78 is 5.11. The number of rotatable bonds is 4. The van der Waals surface area contributed by atoms with Gasteiger partial charge >= 0.3 is 6.09 Å². The molecule has 0 saturated heterocycles. The van der Waals surface area contributed by atoms with E-state index in [-0.39, 0.29) is 12.1 Å². The maximum Gasteiger partial charge on any atom is 0.407 e. The summed E-state index contributed by atoms with van der Waals surface area (Å²) in [5.41, 5.74) is 4.93. The van der Waals surface area contributed by atoms with Crippen LogP contribution in [0.15, 0.2) is 0 Å². The highest BCUT2D eigenvalue weighted by Gasteiger charge is 2.17. The Morgan fingerprint density at radius 2 is 2.07 bits per heavy atom. The van der Waals surface area contributed by atoms with Gasteiger partial charge in [0.05, 0.1) is 0 Å². The van der Waals surface area contributed by atoms with Crippen molar-refractivity contribution >= 4 is 6.09 Å². The Bertz CT molecular complexity index is 175. The van der Waals surface area contributed by atoms with Gasteiger partial charge in [-0.25, -0.2) is 4.79 Å². The van der Waals surface area contributed by atoms with Gasteiger partial charge in [0.2, 0.25) is 0 Å². The Hall–Kier alpha value is -0.770. The van der Waals surface area contributed by atoms with Crippen molar-refractivity contribution in [3.05, 3.63) is 0 Å². The zero-order valence-electron chi connectivity index (χ0n) is 9.59. The quantitative estimate of drug-likeness (QED) is 0.728. The Morgan fingerprint density at radius 1 is 1.50 bits per heavy atom. The summed E-state index contributed by atoms with van der Waals surface area (Å²) in [5.74, 6) is 0. The van der Waals surface area contributed by atoms with E-state index in [0.717, 1.165) is 12.8 Å². The minimum Gasteiger partial charge on any atom is -0.444 e. The maximum absolute atomic E-state index is 11.3. The van der Waals surface area contributed by atoms with E-state index in [1.165, 1.54) is 0 Å². The number of alkyl carbamates (subject to hydrolysis) is 1. The number of hydrogen-bond acceptors (Lipinski definition) is 3. The minimum absolute atomic E-state index is 0.119. The van der Waals surface area contributed by atoms with E-state index >= 15 is 0 Å². The average molecular weight is 202 g/mol. The molecule has 0 radical (unpaired) electrons. The fourth-order valence-corrected chi connectivity index (χ4v) is 1.00. The summed E-state index contributed by atoms with van der Waals surface area (Å²) in [4.78, 5) is 11.3. The lowest BCUT2D eigenvalue weighted by atomic mass is 10.2. The van der Waals surface area contributed by atoms with Gasteiger partial charge in [-0.1, -0.05) is 0 Å². The number of ether oxygens (including phenoxy) is 1. The van der Waals surface area contributed by atoms with E-state index in [0.29, 0.717) is 6.54 Å². The van der Waals surface area contributed by atoms with Crippen LogP contribution in [0.1, 0.15) is 40.5 Å². The summed E-state index contributed by atoms with van der Waals surface area (Å²) in [6.45, 7) is 8.13. The van der Waals surface area contributed by atoms with Gasteiger partial charge in [0, 0.05) is 6.04 Å². The number of amides is 1. The molecule has 0 spiro atoms. The van der Waals surface area contributed by atoms with E-state index < -0.39 is 5.60 Å². The van der Waals surface area contributed by atoms with Crippen molar-refractivity contribution in [3.63, 3.8) is 0 Å². The number of nitrogens with two attached hydrogens (primary N) is 1. The molecule has 0 bridgehead atoms. The highest BCUT2D eigenvalue weighted by atomic mass is 16.6. The fourth-order valence-electron chi connectivity index (χ4n) is 1.00. The van der Waals surface area contributed by atoms with Crippen molar-refractivity contribution in [2.75, 3.05) is 6.54 Å². The van der Waals surface area contributed by atoms with Crippen molar-refractivity contribution in [2.45, 2.75) is 52.2 Å². The second kappa shape index (κ2) is 5.86. The van der Waals surface area contributed by atoms with Gasteiger partial charge in [-0.3, -0.25) is 0 Å². The molecule has 0 saturated carbocycles. The predicted octanol–water partition coefficient (Wildman–Crippen LogP) is 1.64. The lowest BCUT2D eigenvalue weighted by Gasteiger charge is -2.21. The van der Waals surface area contributed by atoms with Crippen LogP contribution < -0.4 is 11.1 Å². The van der Waals surface area contributed by atoms with Crippen LogP contribution in [0.2, 0.25) is 0 Å². The molecule has 0 aromatic carbocycles. The van der Waals surface area contributed by atoms with Gasteiger partial charge in [0.1, 0.15) is 5.60 Å². The molecule has 1 atom stereocenters. The van der Waals surface area contributed by atoms with Gasteiger partial charge in [-0.15, -0.1) is 0 Å². The Kier molecular flexibility index (Phi) is 5.53. The first-order valence-corrected chi connectivity index (χ1v) is 5.04. The number of hydrogen-bond donors (Lipinski definition) is 2. The molecule has 0 aliphatic carbocycles. The zero-order chi connectivity index (χ0) is 11.2. The van der Waals surface area contributed by atoms with Gasteiger partial charge in [0.15, 0.2) is 0 Å². The van der Waals surface area contributed by atoms with E-state index in [9.17, 15) is 4.79 Å². The second-order valence-corrected chi connectivity index (χ2v) is 4.48. The zero-order valence-corrected chi connectivity index (χ0v) is 9.59. The molecule has 0 aromatic rings. The summed E-state index contributed by atoms with van der Waals surface area (Å²) >= 11 is 0. The maximum atomic E-state index is 11.3. The number of carbonyl (C=O) groups is 1. The predicted molar refractivity (Wildman–Crippen MR) is 57.1 cm³/mol. The van der Waals surface area contributed by atoms with Crippen molar-refractivity contribution < 1.29 is 9.53 Å². The van der Waals surface area contributed by atoms with Crippen LogP contribution in [0.4, 0.5) is 4.79 Å². The molecular weight excluding hydrogens is 180 g/mol. The average Bonchev–Trinajstić information content (AvgIpc) is 1.96. The van der Waals surface area contributed by atoms with E-state index in [1.54, 1.807) is 0 Å². The Morgan fingerprint density at radius 3 is 2.50 bits per heavy atom. The second-order valence-electron chi connectivity index (χ2n) is 4.48. The molecule has 3 N–H and O–H groups in total. The smallest absolute Gasteiger partial charge is 0.407 e. The minimum atomic E-state index is -0.433. The van der Waals surface area contributed by atoms with Gasteiger partial charge < -0.3 is 15.8 Å². The molecule has 1 unspecified atom stereocenters. The van der Waals surface area contributed by atoms with Crippen molar-refractivity contribution in [3.8, 4) is 0 Å². The van der Waals surface area contributed by atoms with Crippen LogP contribution in [0.3, 0.4) is 0 Å². The van der Waals surface area contributed by atoms with Gasteiger partial charge in [-0.05, 0) is 47.1 Å². The van der Waals surface area contributed by atoms with Gasteiger partial charge in [-0.2, -0.15) is 0 Å². The van der Waals surface area contributed by atoms with Crippen LogP contribution in [0.25, 0.3) is 0 Å². The first kappa shape index (κ1) is 13.2. The first-order chi connectivity index (χ1) is 6.35. The van der Waals surface area contributed by atoms with Crippen LogP contribution in [-0.4, -0.2) is 24.3 Å². The third-order valence-corrected chi connectivity index (χ3v) is 1.60. The number of nitrogens with one attached hydrogen (secondary N) is 1. The third kappa shape index (κ3) is 7.86. The lowest BCUT2D eigenvalue weighted by Crippen LogP contribution is -2.37. The summed E-state index contributed by atoms with van der Waals surface area (Å²) in [7, 11) is 0. The Balaban J connectivity index is 3.71. The lowest BCUT2D eigenvalue weighted by molar-refractivity contribution is 0.0506. The van der Waals surface area contributed by atoms with Crippen molar-refractivity contribution in [2.24, 2.45) is 5.73 Å². The van der Waals surface area contributed by atoms with E-state index in [4.69, 9.17) is 10.5 Å². The van der Waals surface area contributed by atoms with E-state index in [1.807, 2.05) is 27.7 Å². The molecule has 0 heterocycles. The highest BCUT2D eigenvalue weighted by molar-refractivity contribution is 5.67. The summed E-state index contributed by atoms with van der Waals surface area (Å²) in [6.07, 6.45) is 1.44. The standard InChI is InChI=1S/C10H22N2O2/c1-8(6-5-7-11)12-9(13)14-10(2,3)4/h8H,5-7,11H2,1-4H3,(H,12,13). The monoisotopic (exact) mass is 202 g/mol. The Labute approximate surface area is 86.2 Å². The van der Waals surface area contributed by atoms with Crippen molar-refractivity contribution in [1.82, 2.24) is 5.32 Å².